The summed E-state index contributed by atoms with van der Waals surface area (Å²) in [6, 6.07) is 0. The number of alkyl halides is 1. The molecule has 0 aliphatic carbocycles. The van der Waals surface area contributed by atoms with Gasteiger partial charge in [0.15, 0.2) is 0 Å². The van der Waals surface area contributed by atoms with Crippen LogP contribution in [0.15, 0.2) is 4.42 Å². The van der Waals surface area contributed by atoms with Gasteiger partial charge >= 0.3 is 69.0 Å². The maximum absolute atomic E-state index is 5.17. The second-order valence-electron chi connectivity index (χ2n) is 1.60. The normalized spacial score (nSPS) is 10.4. The third-order valence-corrected chi connectivity index (χ3v) is 3.13. The van der Waals surface area contributed by atoms with E-state index in [1.807, 2.05) is 6.92 Å². The average Bonchev–Trinajstić information content (AvgIpc) is 2.10. The molecule has 0 unspecified atom stereocenters. The Hall–Kier alpha value is 0.160. The maximum atomic E-state index is 5.17. The van der Waals surface area contributed by atoms with Crippen molar-refractivity contribution < 1.29 is 25.6 Å². The predicted molar refractivity (Wildman–Crippen MR) is 33.3 cm³/mol. The molecule has 1 aromatic heterocycles. The standard InChI is InChI=1S/C5H7INOS/c1-3-4(6-2)8-5(9)7-3/h1-2H3,(H,7,9)/q-1. The summed E-state index contributed by atoms with van der Waals surface area (Å²) in [4.78, 5) is 5.58. The van der Waals surface area contributed by atoms with Crippen LogP contribution >= 0.6 is 12.2 Å². The van der Waals surface area contributed by atoms with Crippen molar-refractivity contribution in [3.8, 4) is 0 Å². The topological polar surface area (TPSA) is 28.9 Å². The first kappa shape index (κ1) is 7.27. The first-order chi connectivity index (χ1) is 4.24. The summed E-state index contributed by atoms with van der Waals surface area (Å²) in [6.45, 7) is 1.98. The SMILES string of the molecule is C[I-]c1oc(=S)[nH]c1C. The van der Waals surface area contributed by atoms with E-state index in [2.05, 4.69) is 9.91 Å². The Labute approximate surface area is 68.9 Å². The van der Waals surface area contributed by atoms with Gasteiger partial charge in [-0.2, -0.15) is 0 Å². The predicted octanol–water partition coefficient (Wildman–Crippen LogP) is -1.47. The van der Waals surface area contributed by atoms with E-state index < -0.39 is 0 Å². The molecule has 0 saturated heterocycles. The van der Waals surface area contributed by atoms with Crippen LogP contribution in [0.5, 0.6) is 0 Å². The van der Waals surface area contributed by atoms with Crippen molar-refractivity contribution in [1.82, 2.24) is 4.98 Å². The number of H-pyrrole nitrogens is 1. The third-order valence-electron chi connectivity index (χ3n) is 0.938. The first-order valence-electron chi connectivity index (χ1n) is 2.43. The molecule has 52 valence electrons. The van der Waals surface area contributed by atoms with Crippen molar-refractivity contribution in [3.05, 3.63) is 14.3 Å². The van der Waals surface area contributed by atoms with Crippen LogP contribution in [0.4, 0.5) is 0 Å². The molecule has 9 heavy (non-hydrogen) atoms. The molecule has 1 heterocycles. The average molecular weight is 256 g/mol. The fourth-order valence-corrected chi connectivity index (χ4v) is 2.34. The second-order valence-corrected chi connectivity index (χ2v) is 4.03. The van der Waals surface area contributed by atoms with Crippen molar-refractivity contribution in [1.29, 1.82) is 0 Å². The molecule has 0 amide bonds. The zero-order valence-corrected chi connectivity index (χ0v) is 8.17. The Morgan fingerprint density at radius 3 is 2.56 bits per heavy atom. The van der Waals surface area contributed by atoms with Crippen LogP contribution in [0, 0.1) is 15.5 Å². The van der Waals surface area contributed by atoms with Gasteiger partial charge < -0.3 is 0 Å². The summed E-state index contributed by atoms with van der Waals surface area (Å²) in [6.07, 6.45) is 0. The van der Waals surface area contributed by atoms with Crippen LogP contribution in [0.2, 0.25) is 0 Å². The van der Waals surface area contributed by atoms with E-state index in [-0.39, 0.29) is 21.2 Å². The molecule has 0 aliphatic rings. The summed E-state index contributed by atoms with van der Waals surface area (Å²) in [7, 11) is 0. The van der Waals surface area contributed by atoms with E-state index in [1.54, 1.807) is 0 Å². The van der Waals surface area contributed by atoms with Crippen LogP contribution in [-0.2, 0) is 0 Å². The molecule has 1 aromatic rings. The molecular formula is C5H7INOS-. The Kier molecular flexibility index (Phi) is 2.29. The summed E-state index contributed by atoms with van der Waals surface area (Å²) in [5, 5.41) is 0. The minimum absolute atomic E-state index is 0.0439. The molecular weight excluding hydrogens is 249 g/mol. The number of hydrogen-bond donors (Lipinski definition) is 1. The Morgan fingerprint density at radius 2 is 2.33 bits per heavy atom. The van der Waals surface area contributed by atoms with Crippen molar-refractivity contribution in [3.63, 3.8) is 0 Å². The molecule has 1 N–H and O–H groups in total. The van der Waals surface area contributed by atoms with Gasteiger partial charge in [-0.05, 0) is 0 Å². The fourth-order valence-electron chi connectivity index (χ4n) is 0.566. The van der Waals surface area contributed by atoms with Crippen LogP contribution in [0.25, 0.3) is 0 Å². The molecule has 0 atom stereocenters. The van der Waals surface area contributed by atoms with Crippen molar-refractivity contribution in [2.75, 3.05) is 4.93 Å². The van der Waals surface area contributed by atoms with Gasteiger partial charge in [-0.15, -0.1) is 0 Å². The van der Waals surface area contributed by atoms with Gasteiger partial charge in [-0.3, -0.25) is 0 Å². The van der Waals surface area contributed by atoms with Crippen molar-refractivity contribution in [2.45, 2.75) is 6.92 Å². The van der Waals surface area contributed by atoms with Crippen molar-refractivity contribution >= 4 is 12.2 Å². The number of halogens is 1. The van der Waals surface area contributed by atoms with E-state index in [1.165, 1.54) is 0 Å². The van der Waals surface area contributed by atoms with Crippen LogP contribution in [0.1, 0.15) is 5.69 Å². The number of rotatable bonds is 1. The number of aromatic amines is 1. The third kappa shape index (κ3) is 1.54. The molecule has 4 heteroatoms. The van der Waals surface area contributed by atoms with Gasteiger partial charge in [0.25, 0.3) is 0 Å². The molecule has 2 nitrogen and oxygen atoms in total. The summed E-state index contributed by atoms with van der Waals surface area (Å²) in [5.74, 6) is 0. The molecule has 0 fully saturated rings. The number of hydrogen-bond acceptors (Lipinski definition) is 2. The molecule has 0 aliphatic heterocycles. The van der Waals surface area contributed by atoms with Crippen LogP contribution in [-0.4, -0.2) is 9.91 Å². The number of nitrogens with one attached hydrogen (secondary N) is 1. The van der Waals surface area contributed by atoms with Gasteiger partial charge in [0.2, 0.25) is 0 Å². The zero-order chi connectivity index (χ0) is 6.85. The zero-order valence-electron chi connectivity index (χ0n) is 5.19. The van der Waals surface area contributed by atoms with E-state index in [4.69, 9.17) is 16.6 Å². The van der Waals surface area contributed by atoms with Crippen molar-refractivity contribution in [2.24, 2.45) is 0 Å². The molecule has 0 radical (unpaired) electrons. The Balaban J connectivity index is 3.16. The van der Waals surface area contributed by atoms with E-state index in [0.29, 0.717) is 4.84 Å². The molecule has 1 rings (SSSR count). The molecule has 0 spiro atoms. The number of oxazole rings is 1. The van der Waals surface area contributed by atoms with Gasteiger partial charge in [0.1, 0.15) is 0 Å². The van der Waals surface area contributed by atoms with E-state index in [0.717, 1.165) is 9.46 Å². The van der Waals surface area contributed by atoms with Gasteiger partial charge in [-0.25, -0.2) is 0 Å². The minimum atomic E-state index is 0.0439. The Morgan fingerprint density at radius 1 is 1.67 bits per heavy atom. The second kappa shape index (κ2) is 2.83. The van der Waals surface area contributed by atoms with E-state index in [9.17, 15) is 0 Å². The van der Waals surface area contributed by atoms with Gasteiger partial charge in [0.05, 0.1) is 0 Å². The number of aryl methyl sites for hydroxylation is 1. The summed E-state index contributed by atoms with van der Waals surface area (Å²) in [5.41, 5.74) is 1.09. The quantitative estimate of drug-likeness (QED) is 0.378. The van der Waals surface area contributed by atoms with Crippen LogP contribution < -0.4 is 21.2 Å². The summed E-state index contributed by atoms with van der Waals surface area (Å²) >= 11 is 4.83. The fraction of sp³-hybridized carbons (Fsp3) is 0.400. The van der Waals surface area contributed by atoms with E-state index >= 15 is 0 Å². The summed E-state index contributed by atoms with van der Waals surface area (Å²) < 4.78 is 6.24. The van der Waals surface area contributed by atoms with Gasteiger partial charge in [-0.1, -0.05) is 0 Å². The first-order valence-corrected chi connectivity index (χ1v) is 6.07. The van der Waals surface area contributed by atoms with Crippen LogP contribution in [0.3, 0.4) is 0 Å². The van der Waals surface area contributed by atoms with Gasteiger partial charge in [0, 0.05) is 0 Å². The monoisotopic (exact) mass is 256 g/mol. The number of aromatic nitrogens is 1. The molecule has 0 aromatic carbocycles. The Bertz CT molecular complexity index is 252. The molecule has 0 bridgehead atoms. The molecule has 0 saturated carbocycles.